The van der Waals surface area contributed by atoms with Crippen LogP contribution in [0.15, 0.2) is 4.52 Å². The maximum Gasteiger partial charge on any atom is 0.324 e. The van der Waals surface area contributed by atoms with E-state index in [0.29, 0.717) is 18.5 Å². The lowest BCUT2D eigenvalue weighted by Gasteiger charge is -2.04. The van der Waals surface area contributed by atoms with E-state index in [4.69, 9.17) is 4.52 Å². The molecule has 0 spiro atoms. The molecule has 1 aromatic heterocycles. The smallest absolute Gasteiger partial charge is 0.324 e. The number of nitrogens with one attached hydrogen (secondary N) is 1. The first-order chi connectivity index (χ1) is 7.00. The molecule has 1 N–H and O–H groups in total. The van der Waals surface area contributed by atoms with Gasteiger partial charge in [0.05, 0.1) is 0 Å². The van der Waals surface area contributed by atoms with Gasteiger partial charge in [0.2, 0.25) is 0 Å². The van der Waals surface area contributed by atoms with E-state index in [1.54, 1.807) is 19.0 Å². The Morgan fingerprint density at radius 3 is 2.67 bits per heavy atom. The highest BCUT2D eigenvalue weighted by Gasteiger charge is 2.15. The normalized spacial score (nSPS) is 10.5. The van der Waals surface area contributed by atoms with Crippen LogP contribution in [0.4, 0.5) is 6.01 Å². The molecule has 0 aromatic carbocycles. The molecular weight excluding hydrogens is 196 g/mol. The molecule has 0 aliphatic rings. The summed E-state index contributed by atoms with van der Waals surface area (Å²) in [5, 5.41) is 6.28. The molecule has 0 saturated heterocycles. The second-order valence-electron chi connectivity index (χ2n) is 3.90. The van der Waals surface area contributed by atoms with Crippen molar-refractivity contribution in [1.29, 1.82) is 0 Å². The van der Waals surface area contributed by atoms with E-state index in [1.807, 2.05) is 13.8 Å². The Balaban J connectivity index is 2.58. The summed E-state index contributed by atoms with van der Waals surface area (Å²) in [7, 11) is 3.53. The minimum atomic E-state index is -0.305. The first-order valence-electron chi connectivity index (χ1n) is 4.80. The molecule has 0 saturated carbocycles. The molecule has 0 aliphatic carbocycles. The molecule has 15 heavy (non-hydrogen) atoms. The molecule has 6 nitrogen and oxygen atoms in total. The summed E-state index contributed by atoms with van der Waals surface area (Å²) < 4.78 is 4.86. The van der Waals surface area contributed by atoms with E-state index in [1.165, 1.54) is 0 Å². The predicted molar refractivity (Wildman–Crippen MR) is 55.8 cm³/mol. The number of hydrogen-bond donors (Lipinski definition) is 1. The molecule has 0 aliphatic heterocycles. The number of rotatable bonds is 4. The molecule has 0 radical (unpaired) electrons. The first kappa shape index (κ1) is 11.5. The van der Waals surface area contributed by atoms with Gasteiger partial charge in [-0.25, -0.2) is 0 Å². The molecule has 0 bridgehead atoms. The standard InChI is InChI=1S/C9H16N4O2/c1-6(2)5-10-8(14)7-11-9(13(3)4)15-12-7/h6H,5H2,1-4H3,(H,10,14). The van der Waals surface area contributed by atoms with E-state index >= 15 is 0 Å². The molecule has 1 rings (SSSR count). The molecule has 0 fully saturated rings. The highest BCUT2D eigenvalue weighted by atomic mass is 16.5. The van der Waals surface area contributed by atoms with Crippen molar-refractivity contribution in [3.63, 3.8) is 0 Å². The topological polar surface area (TPSA) is 71.3 Å². The van der Waals surface area contributed by atoms with Crippen LogP contribution in [0, 0.1) is 5.92 Å². The van der Waals surface area contributed by atoms with Gasteiger partial charge in [0.1, 0.15) is 0 Å². The minimum Gasteiger partial charge on any atom is -0.349 e. The van der Waals surface area contributed by atoms with Gasteiger partial charge in [-0.05, 0) is 11.1 Å². The number of anilines is 1. The number of nitrogens with zero attached hydrogens (tertiary/aromatic N) is 3. The Bertz CT molecular complexity index is 333. The minimum absolute atomic E-state index is 0.0688. The lowest BCUT2D eigenvalue weighted by Crippen LogP contribution is -2.28. The summed E-state index contributed by atoms with van der Waals surface area (Å²) in [6.45, 7) is 4.63. The Hall–Kier alpha value is -1.59. The Labute approximate surface area is 88.6 Å². The molecule has 0 atom stereocenters. The van der Waals surface area contributed by atoms with Crippen LogP contribution < -0.4 is 10.2 Å². The SMILES string of the molecule is CC(C)CNC(=O)c1noc(N(C)C)n1. The van der Waals surface area contributed by atoms with E-state index in [-0.39, 0.29) is 11.7 Å². The van der Waals surface area contributed by atoms with Crippen molar-refractivity contribution in [2.24, 2.45) is 5.92 Å². The van der Waals surface area contributed by atoms with Gasteiger partial charge in [-0.15, -0.1) is 0 Å². The van der Waals surface area contributed by atoms with Gasteiger partial charge >= 0.3 is 6.01 Å². The monoisotopic (exact) mass is 212 g/mol. The van der Waals surface area contributed by atoms with Crippen molar-refractivity contribution >= 4 is 11.9 Å². The lowest BCUT2D eigenvalue weighted by atomic mass is 10.2. The van der Waals surface area contributed by atoms with Gasteiger partial charge < -0.3 is 14.7 Å². The number of hydrogen-bond acceptors (Lipinski definition) is 5. The zero-order valence-corrected chi connectivity index (χ0v) is 9.44. The summed E-state index contributed by atoms with van der Waals surface area (Å²) in [5.41, 5.74) is 0. The molecule has 6 heteroatoms. The highest BCUT2D eigenvalue weighted by Crippen LogP contribution is 2.06. The van der Waals surface area contributed by atoms with Gasteiger partial charge in [-0.3, -0.25) is 4.79 Å². The number of aromatic nitrogens is 2. The van der Waals surface area contributed by atoms with Crippen molar-refractivity contribution in [1.82, 2.24) is 15.5 Å². The van der Waals surface area contributed by atoms with Gasteiger partial charge in [-0.1, -0.05) is 13.8 Å². The van der Waals surface area contributed by atoms with Crippen LogP contribution in [-0.4, -0.2) is 36.7 Å². The van der Waals surface area contributed by atoms with Crippen molar-refractivity contribution in [2.75, 3.05) is 25.5 Å². The van der Waals surface area contributed by atoms with Gasteiger partial charge in [0.15, 0.2) is 0 Å². The Morgan fingerprint density at radius 2 is 2.20 bits per heavy atom. The first-order valence-corrected chi connectivity index (χ1v) is 4.80. The average molecular weight is 212 g/mol. The van der Waals surface area contributed by atoms with Crippen LogP contribution >= 0.6 is 0 Å². The third-order valence-corrected chi connectivity index (χ3v) is 1.67. The molecular formula is C9H16N4O2. The van der Waals surface area contributed by atoms with E-state index in [0.717, 1.165) is 0 Å². The fraction of sp³-hybridized carbons (Fsp3) is 0.667. The molecule has 84 valence electrons. The van der Waals surface area contributed by atoms with Crippen LogP contribution in [0.2, 0.25) is 0 Å². The lowest BCUT2D eigenvalue weighted by molar-refractivity contribution is 0.0935. The van der Waals surface area contributed by atoms with E-state index in [2.05, 4.69) is 15.5 Å². The third-order valence-electron chi connectivity index (χ3n) is 1.67. The third kappa shape index (κ3) is 3.23. The fourth-order valence-electron chi connectivity index (χ4n) is 0.865. The van der Waals surface area contributed by atoms with Gasteiger partial charge in [0, 0.05) is 20.6 Å². The number of amides is 1. The average Bonchev–Trinajstić information content (AvgIpc) is 2.62. The maximum atomic E-state index is 11.5. The summed E-state index contributed by atoms with van der Waals surface area (Å²) >= 11 is 0. The maximum absolute atomic E-state index is 11.5. The molecule has 1 heterocycles. The quantitative estimate of drug-likeness (QED) is 0.787. The van der Waals surface area contributed by atoms with Crippen molar-refractivity contribution in [3.05, 3.63) is 5.82 Å². The van der Waals surface area contributed by atoms with Gasteiger partial charge in [0.25, 0.3) is 11.7 Å². The largest absolute Gasteiger partial charge is 0.349 e. The van der Waals surface area contributed by atoms with Crippen LogP contribution in [0.5, 0.6) is 0 Å². The second-order valence-corrected chi connectivity index (χ2v) is 3.90. The summed E-state index contributed by atoms with van der Waals surface area (Å²) in [5.74, 6) is 0.161. The summed E-state index contributed by atoms with van der Waals surface area (Å²) in [6.07, 6.45) is 0. The highest BCUT2D eigenvalue weighted by molar-refractivity contribution is 5.90. The fourth-order valence-corrected chi connectivity index (χ4v) is 0.865. The van der Waals surface area contributed by atoms with E-state index < -0.39 is 0 Å². The zero-order valence-electron chi connectivity index (χ0n) is 9.44. The summed E-state index contributed by atoms with van der Waals surface area (Å²) in [4.78, 5) is 17.0. The molecule has 0 unspecified atom stereocenters. The second kappa shape index (κ2) is 4.77. The van der Waals surface area contributed by atoms with Crippen molar-refractivity contribution < 1.29 is 9.32 Å². The van der Waals surface area contributed by atoms with Crippen LogP contribution in [0.3, 0.4) is 0 Å². The Morgan fingerprint density at radius 1 is 1.53 bits per heavy atom. The van der Waals surface area contributed by atoms with Crippen LogP contribution in [-0.2, 0) is 0 Å². The van der Waals surface area contributed by atoms with Gasteiger partial charge in [-0.2, -0.15) is 4.98 Å². The summed E-state index contributed by atoms with van der Waals surface area (Å²) in [6, 6.07) is 0.324. The van der Waals surface area contributed by atoms with Crippen LogP contribution in [0.25, 0.3) is 0 Å². The van der Waals surface area contributed by atoms with Crippen molar-refractivity contribution in [3.8, 4) is 0 Å². The Kier molecular flexibility index (Phi) is 3.65. The van der Waals surface area contributed by atoms with E-state index in [9.17, 15) is 4.79 Å². The zero-order chi connectivity index (χ0) is 11.4. The van der Waals surface area contributed by atoms with Crippen molar-refractivity contribution in [2.45, 2.75) is 13.8 Å². The van der Waals surface area contributed by atoms with Crippen LogP contribution in [0.1, 0.15) is 24.5 Å². The molecule has 1 amide bonds. The number of carbonyl (C=O) groups excluding carboxylic acids is 1. The molecule has 1 aromatic rings. The predicted octanol–water partition coefficient (Wildman–Crippen LogP) is 0.521. The number of carbonyl (C=O) groups is 1.